The molecule has 1 aromatic heterocycles. The van der Waals surface area contributed by atoms with E-state index in [1.807, 2.05) is 6.92 Å². The van der Waals surface area contributed by atoms with E-state index in [0.717, 1.165) is 12.1 Å². The minimum Gasteiger partial charge on any atom is -0.384 e. The molecule has 6 heteroatoms. The number of aromatic nitrogens is 2. The molecular formula is C17H19F3N2O. The van der Waals surface area contributed by atoms with Crippen LogP contribution in [0.25, 0.3) is 6.20 Å². The van der Waals surface area contributed by atoms with Crippen molar-refractivity contribution in [1.29, 1.82) is 0 Å². The lowest BCUT2D eigenvalue weighted by molar-refractivity contribution is -0.137. The Kier molecular flexibility index (Phi) is 4.66. The van der Waals surface area contributed by atoms with Crippen LogP contribution in [0.4, 0.5) is 13.2 Å². The molecule has 0 radical (unpaired) electrons. The molecule has 2 rings (SSSR count). The predicted octanol–water partition coefficient (Wildman–Crippen LogP) is 4.21. The Bertz CT molecular complexity index is 709. The summed E-state index contributed by atoms with van der Waals surface area (Å²) in [6.07, 6.45) is 1.11. The molecule has 0 bridgehead atoms. The topological polar surface area (TPSA) is 38.0 Å². The second-order valence-corrected chi connectivity index (χ2v) is 5.87. The van der Waals surface area contributed by atoms with Gasteiger partial charge < -0.3 is 9.67 Å². The number of halogens is 3. The van der Waals surface area contributed by atoms with Gasteiger partial charge in [0, 0.05) is 18.8 Å². The number of alkyl halides is 3. The molecule has 0 unspecified atom stereocenters. The molecule has 0 aliphatic carbocycles. The van der Waals surface area contributed by atoms with Crippen LogP contribution < -0.4 is 0 Å². The molecule has 0 saturated heterocycles. The van der Waals surface area contributed by atoms with Gasteiger partial charge in [0.05, 0.1) is 11.3 Å². The van der Waals surface area contributed by atoms with Gasteiger partial charge in [-0.2, -0.15) is 13.2 Å². The first kappa shape index (κ1) is 17.3. The van der Waals surface area contributed by atoms with Gasteiger partial charge in [-0.1, -0.05) is 24.3 Å². The summed E-state index contributed by atoms with van der Waals surface area (Å²) in [5, 5.41) is 10.1. The molecule has 124 valence electrons. The molecule has 0 saturated carbocycles. The normalized spacial score (nSPS) is 13.0. The summed E-state index contributed by atoms with van der Waals surface area (Å²) in [5.74, 6) is 0.569. The quantitative estimate of drug-likeness (QED) is 0.915. The van der Waals surface area contributed by atoms with E-state index in [9.17, 15) is 18.3 Å². The first-order chi connectivity index (χ1) is 10.6. The van der Waals surface area contributed by atoms with Gasteiger partial charge in [0.25, 0.3) is 0 Å². The van der Waals surface area contributed by atoms with Gasteiger partial charge in [-0.15, -0.1) is 0 Å². The fourth-order valence-electron chi connectivity index (χ4n) is 2.19. The highest BCUT2D eigenvalue weighted by atomic mass is 19.4. The highest BCUT2D eigenvalue weighted by molar-refractivity contribution is 5.32. The third-order valence-corrected chi connectivity index (χ3v) is 3.36. The lowest BCUT2D eigenvalue weighted by Crippen LogP contribution is -2.15. The Balaban J connectivity index is 2.38. The van der Waals surface area contributed by atoms with Gasteiger partial charge in [0.2, 0.25) is 0 Å². The molecule has 3 nitrogen and oxygen atoms in total. The molecule has 1 aromatic carbocycles. The number of hydrogen-bond acceptors (Lipinski definition) is 2. The average molecular weight is 324 g/mol. The largest absolute Gasteiger partial charge is 0.416 e. The lowest BCUT2D eigenvalue weighted by atomic mass is 10.1. The highest BCUT2D eigenvalue weighted by Crippen LogP contribution is 2.30. The monoisotopic (exact) mass is 324 g/mol. The summed E-state index contributed by atoms with van der Waals surface area (Å²) in [4.78, 5) is 4.37. The highest BCUT2D eigenvalue weighted by Gasteiger charge is 2.30. The van der Waals surface area contributed by atoms with Crippen LogP contribution in [0.15, 0.2) is 36.5 Å². The van der Waals surface area contributed by atoms with Crippen LogP contribution in [0.1, 0.15) is 43.4 Å². The van der Waals surface area contributed by atoms with Crippen molar-refractivity contribution in [2.75, 3.05) is 0 Å². The Morgan fingerprint density at radius 2 is 1.96 bits per heavy atom. The molecule has 0 aliphatic rings. The van der Waals surface area contributed by atoms with E-state index >= 15 is 0 Å². The van der Waals surface area contributed by atoms with Gasteiger partial charge in [-0.3, -0.25) is 0 Å². The first-order valence-corrected chi connectivity index (χ1v) is 7.21. The lowest BCUT2D eigenvalue weighted by Gasteiger charge is -2.12. The van der Waals surface area contributed by atoms with Gasteiger partial charge in [-0.25, -0.2) is 4.98 Å². The first-order valence-electron chi connectivity index (χ1n) is 7.21. The zero-order valence-electron chi connectivity index (χ0n) is 13.2. The van der Waals surface area contributed by atoms with E-state index in [1.165, 1.54) is 6.07 Å². The molecule has 1 heterocycles. The third-order valence-electron chi connectivity index (χ3n) is 3.36. The molecule has 0 aliphatic heterocycles. The van der Waals surface area contributed by atoms with Crippen LogP contribution in [0, 0.1) is 0 Å². The second kappa shape index (κ2) is 6.20. The number of hydrogen-bond donors (Lipinski definition) is 1. The van der Waals surface area contributed by atoms with E-state index in [-0.39, 0.29) is 6.42 Å². The van der Waals surface area contributed by atoms with Gasteiger partial charge in [-0.05, 0) is 32.4 Å². The van der Waals surface area contributed by atoms with E-state index in [4.69, 9.17) is 0 Å². The molecule has 1 N–H and O–H groups in total. The van der Waals surface area contributed by atoms with Crippen molar-refractivity contribution in [1.82, 2.24) is 9.55 Å². The van der Waals surface area contributed by atoms with E-state index in [1.54, 1.807) is 43.0 Å². The van der Waals surface area contributed by atoms with Crippen LogP contribution in [0.5, 0.6) is 0 Å². The molecule has 0 amide bonds. The minimum atomic E-state index is -4.37. The van der Waals surface area contributed by atoms with Crippen molar-refractivity contribution in [3.8, 4) is 0 Å². The fraction of sp³-hybridized carbons (Fsp3) is 0.353. The van der Waals surface area contributed by atoms with Crippen LogP contribution in [0.2, 0.25) is 0 Å². The Labute approximate surface area is 133 Å². The molecule has 0 spiro atoms. The number of rotatable bonds is 4. The van der Waals surface area contributed by atoms with E-state index < -0.39 is 17.3 Å². The zero-order valence-corrected chi connectivity index (χ0v) is 13.2. The minimum absolute atomic E-state index is 0.240. The fourth-order valence-corrected chi connectivity index (χ4v) is 2.19. The maximum Gasteiger partial charge on any atom is 0.416 e. The SMILES string of the molecule is C/C=C/n1cc(C(C)(C)O)nc1Cc1cccc(C(F)(F)F)c1. The smallest absolute Gasteiger partial charge is 0.384 e. The summed E-state index contributed by atoms with van der Waals surface area (Å²) in [6.45, 7) is 5.06. The molecule has 0 atom stereocenters. The van der Waals surface area contributed by atoms with Gasteiger partial charge in [0.1, 0.15) is 11.4 Å². The van der Waals surface area contributed by atoms with Crippen LogP contribution >= 0.6 is 0 Å². The Hall–Kier alpha value is -2.08. The average Bonchev–Trinajstić information content (AvgIpc) is 2.82. The number of benzene rings is 1. The molecular weight excluding hydrogens is 305 g/mol. The number of allylic oxidation sites excluding steroid dienone is 1. The summed E-state index contributed by atoms with van der Waals surface area (Å²) in [6, 6.07) is 5.19. The van der Waals surface area contributed by atoms with Crippen molar-refractivity contribution in [2.45, 2.75) is 39.0 Å². The van der Waals surface area contributed by atoms with Crippen LogP contribution in [-0.2, 0) is 18.2 Å². The van der Waals surface area contributed by atoms with Crippen molar-refractivity contribution >= 4 is 6.20 Å². The van der Waals surface area contributed by atoms with Crippen molar-refractivity contribution in [3.63, 3.8) is 0 Å². The predicted molar refractivity (Wildman–Crippen MR) is 82.7 cm³/mol. The molecule has 2 aromatic rings. The number of nitrogens with zero attached hydrogens (tertiary/aromatic N) is 2. The van der Waals surface area contributed by atoms with Crippen LogP contribution in [0.3, 0.4) is 0 Å². The van der Waals surface area contributed by atoms with E-state index in [0.29, 0.717) is 17.1 Å². The molecule has 0 fully saturated rings. The maximum atomic E-state index is 12.8. The van der Waals surface area contributed by atoms with Crippen molar-refractivity contribution in [3.05, 3.63) is 59.2 Å². The van der Waals surface area contributed by atoms with Gasteiger partial charge >= 0.3 is 6.18 Å². The van der Waals surface area contributed by atoms with Crippen LogP contribution in [-0.4, -0.2) is 14.7 Å². The zero-order chi connectivity index (χ0) is 17.3. The Morgan fingerprint density at radius 1 is 1.26 bits per heavy atom. The second-order valence-electron chi connectivity index (χ2n) is 5.87. The number of imidazole rings is 1. The summed E-state index contributed by atoms with van der Waals surface area (Å²) < 4.78 is 40.1. The third kappa shape index (κ3) is 4.22. The summed E-state index contributed by atoms with van der Waals surface area (Å²) >= 11 is 0. The van der Waals surface area contributed by atoms with Gasteiger partial charge in [0.15, 0.2) is 0 Å². The Morgan fingerprint density at radius 3 is 2.52 bits per heavy atom. The number of aliphatic hydroxyl groups is 1. The maximum absolute atomic E-state index is 12.8. The summed E-state index contributed by atoms with van der Waals surface area (Å²) in [7, 11) is 0. The standard InChI is InChI=1S/C17H19F3N2O/c1-4-8-22-11-14(16(2,3)23)21-15(22)10-12-6-5-7-13(9-12)17(18,19)20/h4-9,11,23H,10H2,1-3H3/b8-4+. The van der Waals surface area contributed by atoms with Crippen molar-refractivity contribution in [2.24, 2.45) is 0 Å². The summed E-state index contributed by atoms with van der Waals surface area (Å²) in [5.41, 5.74) is -0.812. The molecule has 23 heavy (non-hydrogen) atoms. The van der Waals surface area contributed by atoms with E-state index in [2.05, 4.69) is 4.98 Å². The van der Waals surface area contributed by atoms with Crippen molar-refractivity contribution < 1.29 is 18.3 Å².